The summed E-state index contributed by atoms with van der Waals surface area (Å²) in [5.74, 6) is -0.429. The van der Waals surface area contributed by atoms with Crippen molar-refractivity contribution in [2.45, 2.75) is 14.7 Å². The molecule has 1 heterocycles. The summed E-state index contributed by atoms with van der Waals surface area (Å²) in [4.78, 5) is 17.7. The van der Waals surface area contributed by atoms with Gasteiger partial charge in [-0.25, -0.2) is 21.8 Å². The van der Waals surface area contributed by atoms with E-state index in [0.29, 0.717) is 16.9 Å². The van der Waals surface area contributed by atoms with Crippen LogP contribution in [-0.2, 0) is 20.0 Å². The monoisotopic (exact) mass is 574 g/mol. The molecule has 1 aromatic heterocycles. The van der Waals surface area contributed by atoms with Crippen LogP contribution in [0.3, 0.4) is 0 Å². The lowest BCUT2D eigenvalue weighted by Gasteiger charge is -2.20. The van der Waals surface area contributed by atoms with Crippen LogP contribution in [0.15, 0.2) is 99.1 Å². The third-order valence-electron chi connectivity index (χ3n) is 5.29. The maximum atomic E-state index is 13.0. The summed E-state index contributed by atoms with van der Waals surface area (Å²) in [5, 5.41) is 4.61. The highest BCUT2D eigenvalue weighted by Crippen LogP contribution is 2.25. The van der Waals surface area contributed by atoms with Gasteiger partial charge in [0, 0.05) is 34.8 Å². The van der Waals surface area contributed by atoms with E-state index in [0.717, 1.165) is 20.5 Å². The first-order chi connectivity index (χ1) is 17.6. The van der Waals surface area contributed by atoms with Gasteiger partial charge in [-0.3, -0.25) is 13.8 Å². The van der Waals surface area contributed by atoms with Crippen molar-refractivity contribution < 1.29 is 21.6 Å². The van der Waals surface area contributed by atoms with Crippen molar-refractivity contribution in [2.75, 3.05) is 27.6 Å². The van der Waals surface area contributed by atoms with Crippen molar-refractivity contribution in [3.8, 4) is 0 Å². The molecule has 0 saturated heterocycles. The molecule has 0 aliphatic heterocycles. The molecule has 192 valence electrons. The molecule has 9 nitrogen and oxygen atoms in total. The third kappa shape index (κ3) is 6.13. The van der Waals surface area contributed by atoms with E-state index in [4.69, 9.17) is 0 Å². The SMILES string of the molecule is CSc1ccc(S(=O)(=O)N(C)c2ccc(C(=O)Nc3ccc(S(=O)(=O)Nc4nccs4)cc3)cc2)cc1. The molecule has 0 radical (unpaired) electrons. The molecule has 4 rings (SSSR count). The van der Waals surface area contributed by atoms with Crippen LogP contribution in [0.5, 0.6) is 0 Å². The minimum Gasteiger partial charge on any atom is -0.322 e. The Morgan fingerprint density at radius 2 is 1.51 bits per heavy atom. The summed E-state index contributed by atoms with van der Waals surface area (Å²) >= 11 is 2.68. The van der Waals surface area contributed by atoms with E-state index in [9.17, 15) is 21.6 Å². The fourth-order valence-corrected chi connectivity index (χ4v) is 6.63. The molecule has 1 amide bonds. The number of rotatable bonds is 9. The molecule has 0 aliphatic carbocycles. The Morgan fingerprint density at radius 3 is 2.08 bits per heavy atom. The molecule has 0 unspecified atom stereocenters. The Balaban J connectivity index is 1.42. The molecule has 0 spiro atoms. The predicted octanol–water partition coefficient (Wildman–Crippen LogP) is 4.74. The van der Waals surface area contributed by atoms with Gasteiger partial charge in [0.05, 0.1) is 15.5 Å². The Hall–Kier alpha value is -3.39. The first kappa shape index (κ1) is 26.7. The molecule has 13 heteroatoms. The number of thiazole rings is 1. The van der Waals surface area contributed by atoms with E-state index in [2.05, 4.69) is 15.0 Å². The number of benzene rings is 3. The molecule has 37 heavy (non-hydrogen) atoms. The standard InChI is InChI=1S/C24H22N4O5S4/c1-28(37(32,33)22-13-9-20(34-2)10-14-22)19-7-3-17(4-8-19)23(29)26-18-5-11-21(12-6-18)36(30,31)27-24-25-15-16-35-24/h3-16H,1-2H3,(H,25,27)(H,26,29). The largest absolute Gasteiger partial charge is 0.322 e. The van der Waals surface area contributed by atoms with Crippen LogP contribution < -0.4 is 14.3 Å². The molecule has 0 aliphatic rings. The number of nitrogens with zero attached hydrogens (tertiary/aromatic N) is 2. The van der Waals surface area contributed by atoms with Crippen LogP contribution >= 0.6 is 23.1 Å². The van der Waals surface area contributed by atoms with Crippen molar-refractivity contribution in [3.63, 3.8) is 0 Å². The summed E-state index contributed by atoms with van der Waals surface area (Å²) in [6.07, 6.45) is 3.41. The number of aromatic nitrogens is 1. The molecule has 0 bridgehead atoms. The highest BCUT2D eigenvalue weighted by molar-refractivity contribution is 7.98. The van der Waals surface area contributed by atoms with Crippen molar-refractivity contribution >= 4 is 65.6 Å². The van der Waals surface area contributed by atoms with Gasteiger partial charge in [0.2, 0.25) is 0 Å². The van der Waals surface area contributed by atoms with Gasteiger partial charge in [-0.2, -0.15) is 0 Å². The summed E-state index contributed by atoms with van der Waals surface area (Å²) in [5.41, 5.74) is 1.10. The molecule has 2 N–H and O–H groups in total. The quantitative estimate of drug-likeness (QED) is 0.277. The van der Waals surface area contributed by atoms with Gasteiger partial charge in [0.1, 0.15) is 0 Å². The molecular weight excluding hydrogens is 553 g/mol. The average Bonchev–Trinajstić information content (AvgIpc) is 3.41. The zero-order valence-electron chi connectivity index (χ0n) is 19.7. The van der Waals surface area contributed by atoms with Crippen LogP contribution in [0.2, 0.25) is 0 Å². The number of anilines is 3. The highest BCUT2D eigenvalue weighted by Gasteiger charge is 2.22. The van der Waals surface area contributed by atoms with E-state index in [1.807, 2.05) is 6.26 Å². The molecule has 0 saturated carbocycles. The zero-order valence-corrected chi connectivity index (χ0v) is 22.9. The third-order valence-corrected chi connectivity index (χ3v) is 10.0. The van der Waals surface area contributed by atoms with Crippen LogP contribution in [0.4, 0.5) is 16.5 Å². The second kappa shape index (κ2) is 10.9. The van der Waals surface area contributed by atoms with Crippen LogP contribution in [0.25, 0.3) is 0 Å². The topological polar surface area (TPSA) is 126 Å². The van der Waals surface area contributed by atoms with E-state index in [1.54, 1.807) is 41.8 Å². The van der Waals surface area contributed by atoms with Gasteiger partial charge in [-0.15, -0.1) is 23.1 Å². The number of carbonyl (C=O) groups excluding carboxylic acids is 1. The van der Waals surface area contributed by atoms with Gasteiger partial charge in [0.15, 0.2) is 5.13 Å². The lowest BCUT2D eigenvalue weighted by molar-refractivity contribution is 0.102. The second-order valence-corrected chi connectivity index (χ2v) is 13.0. The molecule has 3 aromatic carbocycles. The fraction of sp³-hybridized carbons (Fsp3) is 0.0833. The number of carbonyl (C=O) groups is 1. The van der Waals surface area contributed by atoms with Crippen molar-refractivity contribution in [3.05, 3.63) is 89.9 Å². The maximum absolute atomic E-state index is 13.0. The zero-order chi connectivity index (χ0) is 26.6. The summed E-state index contributed by atoms with van der Waals surface area (Å²) in [6.45, 7) is 0. The van der Waals surface area contributed by atoms with E-state index in [1.165, 1.54) is 61.4 Å². The molecular formula is C24H22N4O5S4. The second-order valence-electron chi connectivity index (χ2n) is 7.62. The minimum absolute atomic E-state index is 0.0254. The van der Waals surface area contributed by atoms with Gasteiger partial charge < -0.3 is 5.32 Å². The van der Waals surface area contributed by atoms with Gasteiger partial charge >= 0.3 is 0 Å². The van der Waals surface area contributed by atoms with E-state index < -0.39 is 26.0 Å². The summed E-state index contributed by atoms with van der Waals surface area (Å²) in [6, 6.07) is 18.4. The van der Waals surface area contributed by atoms with Crippen molar-refractivity contribution in [1.29, 1.82) is 0 Å². The lowest BCUT2D eigenvalue weighted by Crippen LogP contribution is -2.26. The number of hydrogen-bond donors (Lipinski definition) is 2. The number of nitrogens with one attached hydrogen (secondary N) is 2. The van der Waals surface area contributed by atoms with Crippen LogP contribution in [0, 0.1) is 0 Å². The Bertz CT molecular complexity index is 1590. The van der Waals surface area contributed by atoms with Crippen LogP contribution in [-0.4, -0.2) is 41.0 Å². The summed E-state index contributed by atoms with van der Waals surface area (Å²) in [7, 11) is -6.11. The van der Waals surface area contributed by atoms with E-state index in [-0.39, 0.29) is 14.9 Å². The van der Waals surface area contributed by atoms with Crippen molar-refractivity contribution in [1.82, 2.24) is 4.98 Å². The average molecular weight is 575 g/mol. The maximum Gasteiger partial charge on any atom is 0.264 e. The number of thioether (sulfide) groups is 1. The van der Waals surface area contributed by atoms with Gasteiger partial charge in [0.25, 0.3) is 26.0 Å². The number of hydrogen-bond acceptors (Lipinski definition) is 8. The van der Waals surface area contributed by atoms with Gasteiger partial charge in [-0.05, 0) is 79.1 Å². The Morgan fingerprint density at radius 1 is 0.892 bits per heavy atom. The smallest absolute Gasteiger partial charge is 0.264 e. The normalized spacial score (nSPS) is 11.6. The van der Waals surface area contributed by atoms with Crippen molar-refractivity contribution in [2.24, 2.45) is 0 Å². The van der Waals surface area contributed by atoms with E-state index >= 15 is 0 Å². The number of amides is 1. The predicted molar refractivity (Wildman–Crippen MR) is 148 cm³/mol. The highest BCUT2D eigenvalue weighted by atomic mass is 32.2. The van der Waals surface area contributed by atoms with Gasteiger partial charge in [-0.1, -0.05) is 0 Å². The Labute approximate surface area is 223 Å². The molecule has 0 fully saturated rings. The Kier molecular flexibility index (Phi) is 7.87. The lowest BCUT2D eigenvalue weighted by atomic mass is 10.2. The van der Waals surface area contributed by atoms with Crippen LogP contribution in [0.1, 0.15) is 10.4 Å². The first-order valence-electron chi connectivity index (χ1n) is 10.7. The molecule has 4 aromatic rings. The minimum atomic E-state index is -3.80. The molecule has 0 atom stereocenters. The first-order valence-corrected chi connectivity index (χ1v) is 15.7. The summed E-state index contributed by atoms with van der Waals surface area (Å²) < 4.78 is 54.4. The fourth-order valence-electron chi connectivity index (χ4n) is 3.24. The number of sulfonamides is 2.